The highest BCUT2D eigenvalue weighted by Gasteiger charge is 2.27. The molecule has 1 rings (SSSR count). The van der Waals surface area contributed by atoms with E-state index >= 15 is 0 Å². The summed E-state index contributed by atoms with van der Waals surface area (Å²) in [5, 5.41) is 0. The molecule has 0 aromatic heterocycles. The second kappa shape index (κ2) is 6.61. The second-order valence-corrected chi connectivity index (χ2v) is 4.00. The highest BCUT2D eigenvalue weighted by atomic mass is 19.4. The predicted octanol–water partition coefficient (Wildman–Crippen LogP) is 3.06. The summed E-state index contributed by atoms with van der Waals surface area (Å²) in [6.45, 7) is 2.59. The Hall–Kier alpha value is -1.27. The van der Waals surface area contributed by atoms with E-state index in [9.17, 15) is 13.2 Å². The lowest BCUT2D eigenvalue weighted by Crippen LogP contribution is -2.24. The molecule has 6 heteroatoms. The van der Waals surface area contributed by atoms with Gasteiger partial charge in [0.15, 0.2) is 6.61 Å². The molecule has 0 atom stereocenters. The molecule has 102 valence electrons. The van der Waals surface area contributed by atoms with Crippen molar-refractivity contribution < 1.29 is 22.7 Å². The maximum absolute atomic E-state index is 11.8. The van der Waals surface area contributed by atoms with Gasteiger partial charge >= 0.3 is 6.18 Å². The van der Waals surface area contributed by atoms with Gasteiger partial charge in [0.1, 0.15) is 5.75 Å². The smallest absolute Gasteiger partial charge is 0.413 e. The third-order valence-electron chi connectivity index (χ3n) is 1.94. The van der Waals surface area contributed by atoms with Crippen LogP contribution in [-0.2, 0) is 11.4 Å². The molecule has 3 nitrogen and oxygen atoms in total. The van der Waals surface area contributed by atoms with Gasteiger partial charge in [0.05, 0.1) is 6.10 Å². The number of rotatable bonds is 6. The van der Waals surface area contributed by atoms with Gasteiger partial charge in [-0.1, -0.05) is 18.2 Å². The van der Waals surface area contributed by atoms with Crippen LogP contribution in [0.1, 0.15) is 19.4 Å². The van der Waals surface area contributed by atoms with Crippen LogP contribution in [0, 0.1) is 0 Å². The summed E-state index contributed by atoms with van der Waals surface area (Å²) < 4.78 is 41.1. The van der Waals surface area contributed by atoms with Crippen LogP contribution in [0.3, 0.4) is 0 Å². The van der Waals surface area contributed by atoms with Crippen LogP contribution in [0.25, 0.3) is 0 Å². The molecule has 0 amide bonds. The Morgan fingerprint density at radius 3 is 2.50 bits per heavy atom. The van der Waals surface area contributed by atoms with E-state index in [0.717, 1.165) is 5.56 Å². The molecular weight excluding hydrogens is 247 g/mol. The summed E-state index contributed by atoms with van der Waals surface area (Å²) in [7, 11) is 0. The predicted molar refractivity (Wildman–Crippen MR) is 61.1 cm³/mol. The van der Waals surface area contributed by atoms with Gasteiger partial charge < -0.3 is 4.74 Å². The van der Waals surface area contributed by atoms with Crippen LogP contribution in [0.15, 0.2) is 24.3 Å². The summed E-state index contributed by atoms with van der Waals surface area (Å²) >= 11 is 0. The number of ether oxygens (including phenoxy) is 1. The summed E-state index contributed by atoms with van der Waals surface area (Å²) in [6.07, 6.45) is -4.33. The first-order chi connectivity index (χ1) is 8.38. The fraction of sp³-hybridized carbons (Fsp3) is 0.500. The quantitative estimate of drug-likeness (QED) is 0.632. The minimum atomic E-state index is -4.33. The van der Waals surface area contributed by atoms with Crippen molar-refractivity contribution in [1.82, 2.24) is 5.48 Å². The topological polar surface area (TPSA) is 30.5 Å². The largest absolute Gasteiger partial charge is 0.491 e. The van der Waals surface area contributed by atoms with E-state index in [0.29, 0.717) is 5.75 Å². The van der Waals surface area contributed by atoms with E-state index in [1.807, 2.05) is 13.8 Å². The second-order valence-electron chi connectivity index (χ2n) is 4.00. The molecule has 0 aliphatic rings. The third kappa shape index (κ3) is 5.88. The molecule has 0 saturated heterocycles. The van der Waals surface area contributed by atoms with Crippen LogP contribution < -0.4 is 10.2 Å². The molecule has 1 aromatic rings. The van der Waals surface area contributed by atoms with Crippen molar-refractivity contribution in [1.29, 1.82) is 0 Å². The highest BCUT2D eigenvalue weighted by molar-refractivity contribution is 5.33. The fourth-order valence-electron chi connectivity index (χ4n) is 1.28. The Balaban J connectivity index is 2.46. The van der Waals surface area contributed by atoms with Gasteiger partial charge in [0.25, 0.3) is 0 Å². The molecule has 1 aromatic carbocycles. The number of benzene rings is 1. The molecule has 0 spiro atoms. The maximum atomic E-state index is 11.8. The Morgan fingerprint density at radius 2 is 1.89 bits per heavy atom. The summed E-state index contributed by atoms with van der Waals surface area (Å²) in [5.74, 6) is 0.635. The first-order valence-electron chi connectivity index (χ1n) is 5.54. The summed E-state index contributed by atoms with van der Waals surface area (Å²) in [4.78, 5) is 4.33. The van der Waals surface area contributed by atoms with Gasteiger partial charge in [-0.05, 0) is 19.9 Å². The fourth-order valence-corrected chi connectivity index (χ4v) is 1.28. The van der Waals surface area contributed by atoms with Crippen molar-refractivity contribution in [2.45, 2.75) is 32.7 Å². The molecule has 0 fully saturated rings. The molecular formula is C12H16F3NO2. The Kier molecular flexibility index (Phi) is 5.43. The average Bonchev–Trinajstić information content (AvgIpc) is 2.24. The Labute approximate surface area is 104 Å². The molecule has 0 bridgehead atoms. The molecule has 0 aliphatic carbocycles. The number of nitrogens with one attached hydrogen (secondary N) is 1. The van der Waals surface area contributed by atoms with E-state index in [-0.39, 0.29) is 12.6 Å². The lowest BCUT2D eigenvalue weighted by Gasteiger charge is -2.14. The number of alkyl halides is 3. The zero-order chi connectivity index (χ0) is 13.6. The molecule has 0 unspecified atom stereocenters. The average molecular weight is 263 g/mol. The normalized spacial score (nSPS) is 11.9. The van der Waals surface area contributed by atoms with E-state index in [4.69, 9.17) is 4.74 Å². The third-order valence-corrected chi connectivity index (χ3v) is 1.94. The van der Waals surface area contributed by atoms with Gasteiger partial charge in [-0.15, -0.1) is 0 Å². The SMILES string of the molecule is CC(C)Oc1ccccc1CNOCC(F)(F)F. The molecule has 0 heterocycles. The summed E-state index contributed by atoms with van der Waals surface area (Å²) in [5.41, 5.74) is 3.02. The van der Waals surface area contributed by atoms with Crippen molar-refractivity contribution in [3.63, 3.8) is 0 Å². The maximum Gasteiger partial charge on any atom is 0.413 e. The Bertz CT molecular complexity index is 367. The van der Waals surface area contributed by atoms with E-state index in [2.05, 4.69) is 10.3 Å². The van der Waals surface area contributed by atoms with Crippen molar-refractivity contribution >= 4 is 0 Å². The standard InChI is InChI=1S/C12H16F3NO2/c1-9(2)18-11-6-4-3-5-10(11)7-16-17-8-12(13,14)15/h3-6,9,16H,7-8H2,1-2H3. The number of hydrogen-bond acceptors (Lipinski definition) is 3. The Morgan fingerprint density at radius 1 is 1.22 bits per heavy atom. The molecule has 0 aliphatic heterocycles. The van der Waals surface area contributed by atoms with Crippen molar-refractivity contribution in [2.75, 3.05) is 6.61 Å². The van der Waals surface area contributed by atoms with Crippen LogP contribution in [0.2, 0.25) is 0 Å². The van der Waals surface area contributed by atoms with Gasteiger partial charge in [-0.25, -0.2) is 0 Å². The van der Waals surface area contributed by atoms with Gasteiger partial charge in [-0.3, -0.25) is 4.84 Å². The summed E-state index contributed by atoms with van der Waals surface area (Å²) in [6, 6.07) is 7.12. The first-order valence-corrected chi connectivity index (χ1v) is 5.54. The van der Waals surface area contributed by atoms with E-state index in [1.54, 1.807) is 24.3 Å². The molecule has 0 radical (unpaired) electrons. The van der Waals surface area contributed by atoms with Crippen LogP contribution in [0.4, 0.5) is 13.2 Å². The lowest BCUT2D eigenvalue weighted by atomic mass is 10.2. The van der Waals surface area contributed by atoms with E-state index < -0.39 is 12.8 Å². The zero-order valence-electron chi connectivity index (χ0n) is 10.3. The highest BCUT2D eigenvalue weighted by Crippen LogP contribution is 2.19. The van der Waals surface area contributed by atoms with Gasteiger partial charge in [-0.2, -0.15) is 18.7 Å². The van der Waals surface area contributed by atoms with Crippen molar-refractivity contribution in [2.24, 2.45) is 0 Å². The number of halogens is 3. The van der Waals surface area contributed by atoms with Gasteiger partial charge in [0.2, 0.25) is 0 Å². The number of hydrogen-bond donors (Lipinski definition) is 1. The molecule has 18 heavy (non-hydrogen) atoms. The first kappa shape index (κ1) is 14.8. The van der Waals surface area contributed by atoms with Crippen molar-refractivity contribution in [3.05, 3.63) is 29.8 Å². The monoisotopic (exact) mass is 263 g/mol. The van der Waals surface area contributed by atoms with Crippen LogP contribution in [-0.4, -0.2) is 18.9 Å². The van der Waals surface area contributed by atoms with E-state index in [1.165, 1.54) is 0 Å². The minimum absolute atomic E-state index is 0.00208. The van der Waals surface area contributed by atoms with Crippen molar-refractivity contribution in [3.8, 4) is 5.75 Å². The zero-order valence-corrected chi connectivity index (χ0v) is 10.3. The molecule has 1 N–H and O–H groups in total. The lowest BCUT2D eigenvalue weighted by molar-refractivity contribution is -0.190. The van der Waals surface area contributed by atoms with Gasteiger partial charge in [0, 0.05) is 12.1 Å². The number of para-hydroxylation sites is 1. The molecule has 0 saturated carbocycles. The number of hydroxylamine groups is 1. The van der Waals surface area contributed by atoms with Crippen LogP contribution in [0.5, 0.6) is 5.75 Å². The van der Waals surface area contributed by atoms with Crippen LogP contribution >= 0.6 is 0 Å². The minimum Gasteiger partial charge on any atom is -0.491 e.